The van der Waals surface area contributed by atoms with Gasteiger partial charge in [0.05, 0.1) is 10.7 Å². The third-order valence-electron chi connectivity index (χ3n) is 2.60. The fraction of sp³-hybridized carbons (Fsp3) is 0. The third kappa shape index (κ3) is 1.79. The van der Waals surface area contributed by atoms with Crippen molar-refractivity contribution in [3.05, 3.63) is 57.1 Å². The molecule has 0 aliphatic heterocycles. The second kappa shape index (κ2) is 4.15. The largest absolute Gasteiger partial charge is 0.306 e. The molecule has 3 rings (SSSR count). The summed E-state index contributed by atoms with van der Waals surface area (Å²) >= 11 is 12.0. The molecule has 0 aliphatic carbocycles. The van der Waals surface area contributed by atoms with Crippen molar-refractivity contribution in [1.82, 2.24) is 14.5 Å². The van der Waals surface area contributed by atoms with E-state index in [9.17, 15) is 4.79 Å². The van der Waals surface area contributed by atoms with Crippen LogP contribution in [0.3, 0.4) is 0 Å². The Kier molecular flexibility index (Phi) is 2.61. The van der Waals surface area contributed by atoms with Gasteiger partial charge in [0.25, 0.3) is 0 Å². The highest BCUT2D eigenvalue weighted by Crippen LogP contribution is 2.26. The lowest BCUT2D eigenvalue weighted by Gasteiger charge is -2.06. The van der Waals surface area contributed by atoms with E-state index >= 15 is 0 Å². The van der Waals surface area contributed by atoms with Crippen LogP contribution in [-0.4, -0.2) is 14.5 Å². The normalized spacial score (nSPS) is 11.0. The molecule has 0 spiro atoms. The van der Waals surface area contributed by atoms with Gasteiger partial charge in [-0.25, -0.2) is 4.98 Å². The topological polar surface area (TPSA) is 50.7 Å². The number of rotatable bonds is 1. The monoisotopic (exact) mass is 279 g/mol. The lowest BCUT2D eigenvalue weighted by molar-refractivity contribution is 1.06. The maximum atomic E-state index is 11.4. The highest BCUT2D eigenvalue weighted by Gasteiger charge is 2.08. The van der Waals surface area contributed by atoms with E-state index < -0.39 is 0 Å². The van der Waals surface area contributed by atoms with Gasteiger partial charge in [0.15, 0.2) is 0 Å². The molecule has 0 saturated carbocycles. The lowest BCUT2D eigenvalue weighted by Crippen LogP contribution is -2.05. The van der Waals surface area contributed by atoms with E-state index in [-0.39, 0.29) is 5.56 Å². The minimum atomic E-state index is -0.186. The van der Waals surface area contributed by atoms with Gasteiger partial charge < -0.3 is 4.98 Å². The molecule has 0 radical (unpaired) electrons. The smallest absolute Gasteiger partial charge is 0.249 e. The van der Waals surface area contributed by atoms with Crippen LogP contribution in [0, 0.1) is 0 Å². The minimum absolute atomic E-state index is 0.186. The number of hydrogen-bond donors (Lipinski definition) is 1. The number of aromatic amines is 1. The van der Waals surface area contributed by atoms with Crippen LogP contribution in [0.4, 0.5) is 0 Å². The molecule has 90 valence electrons. The van der Waals surface area contributed by atoms with Crippen LogP contribution in [0.1, 0.15) is 0 Å². The summed E-state index contributed by atoms with van der Waals surface area (Å²) in [5, 5.41) is 1.05. The van der Waals surface area contributed by atoms with E-state index in [1.807, 2.05) is 0 Å². The van der Waals surface area contributed by atoms with E-state index in [2.05, 4.69) is 9.97 Å². The zero-order valence-corrected chi connectivity index (χ0v) is 10.5. The molecular formula is C12H7Cl2N3O. The molecular weight excluding hydrogens is 273 g/mol. The van der Waals surface area contributed by atoms with E-state index in [1.54, 1.807) is 35.2 Å². The quantitative estimate of drug-likeness (QED) is 0.744. The summed E-state index contributed by atoms with van der Waals surface area (Å²) < 4.78 is 1.72. The van der Waals surface area contributed by atoms with Gasteiger partial charge in [0.1, 0.15) is 17.5 Å². The standard InChI is InChI=1S/C12H7Cl2N3O/c13-7-1-3-10(8(14)5-7)17-6-15-9-2-4-11(18)16-12(9)17/h1-6H,(H,16,18). The zero-order valence-electron chi connectivity index (χ0n) is 9.02. The van der Waals surface area contributed by atoms with Gasteiger partial charge in [-0.2, -0.15) is 0 Å². The minimum Gasteiger partial charge on any atom is -0.306 e. The molecule has 0 saturated heterocycles. The van der Waals surface area contributed by atoms with Gasteiger partial charge in [0.2, 0.25) is 5.56 Å². The zero-order chi connectivity index (χ0) is 12.7. The number of fused-ring (bicyclic) bond motifs is 1. The average molecular weight is 280 g/mol. The fourth-order valence-corrected chi connectivity index (χ4v) is 2.28. The first-order valence-electron chi connectivity index (χ1n) is 5.17. The maximum Gasteiger partial charge on any atom is 0.249 e. The van der Waals surface area contributed by atoms with Gasteiger partial charge in [-0.05, 0) is 24.3 Å². The number of hydrogen-bond acceptors (Lipinski definition) is 2. The van der Waals surface area contributed by atoms with Crippen molar-refractivity contribution in [1.29, 1.82) is 0 Å². The van der Waals surface area contributed by atoms with Crippen molar-refractivity contribution < 1.29 is 0 Å². The molecule has 0 fully saturated rings. The fourth-order valence-electron chi connectivity index (χ4n) is 1.78. The number of aromatic nitrogens is 3. The molecule has 0 amide bonds. The molecule has 4 nitrogen and oxygen atoms in total. The van der Waals surface area contributed by atoms with E-state index in [1.165, 1.54) is 6.07 Å². The maximum absolute atomic E-state index is 11.4. The Bertz CT molecular complexity index is 791. The summed E-state index contributed by atoms with van der Waals surface area (Å²) in [5.74, 6) is 0. The molecule has 0 unspecified atom stereocenters. The first kappa shape index (κ1) is 11.3. The van der Waals surface area contributed by atoms with Crippen molar-refractivity contribution in [2.24, 2.45) is 0 Å². The van der Waals surface area contributed by atoms with Crippen molar-refractivity contribution in [3.8, 4) is 5.69 Å². The van der Waals surface area contributed by atoms with Gasteiger partial charge in [-0.3, -0.25) is 9.36 Å². The molecule has 1 aromatic carbocycles. The Morgan fingerprint density at radius 1 is 1.17 bits per heavy atom. The Morgan fingerprint density at radius 2 is 2.00 bits per heavy atom. The first-order chi connectivity index (χ1) is 8.65. The summed E-state index contributed by atoms with van der Waals surface area (Å²) in [6, 6.07) is 8.25. The van der Waals surface area contributed by atoms with E-state index in [0.717, 1.165) is 0 Å². The Morgan fingerprint density at radius 3 is 2.78 bits per heavy atom. The second-order valence-corrected chi connectivity index (χ2v) is 4.61. The van der Waals surface area contributed by atoms with Crippen LogP contribution in [0.15, 0.2) is 41.5 Å². The molecule has 6 heteroatoms. The molecule has 2 heterocycles. The SMILES string of the molecule is O=c1ccc2ncn(-c3ccc(Cl)cc3Cl)c2[nH]1. The van der Waals surface area contributed by atoms with Crippen LogP contribution in [0.25, 0.3) is 16.9 Å². The van der Waals surface area contributed by atoms with Crippen LogP contribution >= 0.6 is 23.2 Å². The number of benzene rings is 1. The number of halogens is 2. The van der Waals surface area contributed by atoms with Gasteiger partial charge >= 0.3 is 0 Å². The van der Waals surface area contributed by atoms with Crippen molar-refractivity contribution in [2.45, 2.75) is 0 Å². The first-order valence-corrected chi connectivity index (χ1v) is 5.92. The van der Waals surface area contributed by atoms with Crippen LogP contribution < -0.4 is 5.56 Å². The highest BCUT2D eigenvalue weighted by molar-refractivity contribution is 6.35. The number of imidazole rings is 1. The summed E-state index contributed by atoms with van der Waals surface area (Å²) in [7, 11) is 0. The van der Waals surface area contributed by atoms with Gasteiger partial charge in [-0.15, -0.1) is 0 Å². The summed E-state index contributed by atoms with van der Waals surface area (Å²) in [6.07, 6.45) is 1.61. The predicted molar refractivity (Wildman–Crippen MR) is 71.7 cm³/mol. The Labute approximate surface area is 112 Å². The number of nitrogens with one attached hydrogen (secondary N) is 1. The van der Waals surface area contributed by atoms with Crippen molar-refractivity contribution in [3.63, 3.8) is 0 Å². The van der Waals surface area contributed by atoms with E-state index in [4.69, 9.17) is 23.2 Å². The summed E-state index contributed by atoms with van der Waals surface area (Å²) in [4.78, 5) is 18.3. The average Bonchev–Trinajstić information content (AvgIpc) is 2.72. The number of nitrogens with zero attached hydrogens (tertiary/aromatic N) is 2. The molecule has 0 aliphatic rings. The molecule has 0 atom stereocenters. The second-order valence-electron chi connectivity index (χ2n) is 3.77. The summed E-state index contributed by atoms with van der Waals surface area (Å²) in [5.41, 5.74) is 1.83. The number of pyridine rings is 1. The van der Waals surface area contributed by atoms with E-state index in [0.29, 0.717) is 26.9 Å². The molecule has 0 bridgehead atoms. The predicted octanol–water partition coefficient (Wildman–Crippen LogP) is 3.02. The van der Waals surface area contributed by atoms with Gasteiger partial charge in [-0.1, -0.05) is 23.2 Å². The molecule has 1 N–H and O–H groups in total. The highest BCUT2D eigenvalue weighted by atomic mass is 35.5. The molecule has 2 aromatic heterocycles. The van der Waals surface area contributed by atoms with Crippen LogP contribution in [0.2, 0.25) is 10.0 Å². The third-order valence-corrected chi connectivity index (χ3v) is 3.14. The Balaban J connectivity index is 2.31. The molecule has 18 heavy (non-hydrogen) atoms. The molecule has 3 aromatic rings. The lowest BCUT2D eigenvalue weighted by atomic mass is 10.3. The Hall–Kier alpha value is -1.78. The van der Waals surface area contributed by atoms with Crippen LogP contribution in [-0.2, 0) is 0 Å². The van der Waals surface area contributed by atoms with Crippen molar-refractivity contribution in [2.75, 3.05) is 0 Å². The van der Waals surface area contributed by atoms with Crippen molar-refractivity contribution >= 4 is 34.4 Å². The van der Waals surface area contributed by atoms with Crippen LogP contribution in [0.5, 0.6) is 0 Å². The van der Waals surface area contributed by atoms with Gasteiger partial charge in [0, 0.05) is 11.1 Å². The summed E-state index contributed by atoms with van der Waals surface area (Å²) in [6.45, 7) is 0. The number of H-pyrrole nitrogens is 1.